The first-order chi connectivity index (χ1) is 12.7. The maximum absolute atomic E-state index is 12.6. The first kappa shape index (κ1) is 18.0. The molecule has 1 atom stereocenters. The second kappa shape index (κ2) is 8.52. The van der Waals surface area contributed by atoms with Crippen LogP contribution in [0.1, 0.15) is 23.2 Å². The molecule has 1 saturated heterocycles. The molecule has 0 saturated carbocycles. The summed E-state index contributed by atoms with van der Waals surface area (Å²) in [5, 5.41) is 0. The van der Waals surface area contributed by atoms with Crippen LogP contribution in [-0.4, -0.2) is 43.4 Å². The van der Waals surface area contributed by atoms with Gasteiger partial charge in [-0.2, -0.15) is 0 Å². The zero-order valence-corrected chi connectivity index (χ0v) is 14.9. The maximum atomic E-state index is 12.6. The summed E-state index contributed by atoms with van der Waals surface area (Å²) in [6.45, 7) is 1.04. The van der Waals surface area contributed by atoms with Crippen molar-refractivity contribution in [3.05, 3.63) is 60.2 Å². The van der Waals surface area contributed by atoms with Gasteiger partial charge in [0.1, 0.15) is 0 Å². The number of hydrogen-bond acceptors (Lipinski definition) is 4. The van der Waals surface area contributed by atoms with Crippen LogP contribution in [0.25, 0.3) is 0 Å². The SMILES string of the molecule is COc1ccccc1OCC(=O)N1CCCC(C(=O)c2ccccc2)C1. The Bertz CT molecular complexity index is 760. The number of amides is 1. The third-order valence-corrected chi connectivity index (χ3v) is 4.62. The Morgan fingerprint density at radius 2 is 1.73 bits per heavy atom. The summed E-state index contributed by atoms with van der Waals surface area (Å²) in [5.74, 6) is 0.977. The van der Waals surface area contributed by atoms with E-state index in [9.17, 15) is 9.59 Å². The molecule has 1 aliphatic rings. The van der Waals surface area contributed by atoms with E-state index in [2.05, 4.69) is 0 Å². The first-order valence-corrected chi connectivity index (χ1v) is 8.82. The van der Waals surface area contributed by atoms with Crippen LogP contribution in [0.5, 0.6) is 11.5 Å². The second-order valence-electron chi connectivity index (χ2n) is 6.35. The van der Waals surface area contributed by atoms with E-state index >= 15 is 0 Å². The molecule has 136 valence electrons. The standard InChI is InChI=1S/C21H23NO4/c1-25-18-11-5-6-12-19(18)26-15-20(23)22-13-7-10-17(14-22)21(24)16-8-3-2-4-9-16/h2-6,8-9,11-12,17H,7,10,13-15H2,1H3. The van der Waals surface area contributed by atoms with Gasteiger partial charge in [-0.15, -0.1) is 0 Å². The smallest absolute Gasteiger partial charge is 0.260 e. The monoisotopic (exact) mass is 353 g/mol. The minimum Gasteiger partial charge on any atom is -0.493 e. The van der Waals surface area contributed by atoms with E-state index in [1.54, 1.807) is 24.1 Å². The fourth-order valence-electron chi connectivity index (χ4n) is 3.22. The molecule has 5 heteroatoms. The molecular weight excluding hydrogens is 330 g/mol. The van der Waals surface area contributed by atoms with E-state index in [0.717, 1.165) is 12.8 Å². The van der Waals surface area contributed by atoms with Crippen molar-refractivity contribution in [2.24, 2.45) is 5.92 Å². The van der Waals surface area contributed by atoms with Gasteiger partial charge >= 0.3 is 0 Å². The lowest BCUT2D eigenvalue weighted by Crippen LogP contribution is -2.44. The third kappa shape index (κ3) is 4.23. The van der Waals surface area contributed by atoms with Crippen LogP contribution >= 0.6 is 0 Å². The molecular formula is C21H23NO4. The number of carbonyl (C=O) groups excluding carboxylic acids is 2. The number of Topliss-reactive ketones (excluding diaryl/α,β-unsaturated/α-hetero) is 1. The average molecular weight is 353 g/mol. The van der Waals surface area contributed by atoms with E-state index in [1.165, 1.54) is 0 Å². The number of methoxy groups -OCH3 is 1. The Kier molecular flexibility index (Phi) is 5.89. The predicted molar refractivity (Wildman–Crippen MR) is 98.6 cm³/mol. The van der Waals surface area contributed by atoms with E-state index < -0.39 is 0 Å². The van der Waals surface area contributed by atoms with Crippen LogP contribution < -0.4 is 9.47 Å². The average Bonchev–Trinajstić information content (AvgIpc) is 2.72. The van der Waals surface area contributed by atoms with Gasteiger partial charge in [0.15, 0.2) is 23.9 Å². The van der Waals surface area contributed by atoms with Crippen LogP contribution in [0.4, 0.5) is 0 Å². The van der Waals surface area contributed by atoms with E-state index in [4.69, 9.17) is 9.47 Å². The van der Waals surface area contributed by atoms with Crippen molar-refractivity contribution in [1.82, 2.24) is 4.90 Å². The number of para-hydroxylation sites is 2. The fourth-order valence-corrected chi connectivity index (χ4v) is 3.22. The van der Waals surface area contributed by atoms with Gasteiger partial charge in [-0.1, -0.05) is 42.5 Å². The molecule has 1 fully saturated rings. The number of nitrogens with zero attached hydrogens (tertiary/aromatic N) is 1. The molecule has 1 heterocycles. The van der Waals surface area contributed by atoms with Gasteiger partial charge in [-0.25, -0.2) is 0 Å². The van der Waals surface area contributed by atoms with Crippen LogP contribution in [0.15, 0.2) is 54.6 Å². The van der Waals surface area contributed by atoms with E-state index in [0.29, 0.717) is 30.2 Å². The Morgan fingerprint density at radius 1 is 1.04 bits per heavy atom. The number of benzene rings is 2. The highest BCUT2D eigenvalue weighted by atomic mass is 16.5. The maximum Gasteiger partial charge on any atom is 0.260 e. The topological polar surface area (TPSA) is 55.8 Å². The molecule has 0 aromatic heterocycles. The molecule has 0 bridgehead atoms. The van der Waals surface area contributed by atoms with Gasteiger partial charge in [0, 0.05) is 24.6 Å². The van der Waals surface area contributed by atoms with Crippen LogP contribution in [-0.2, 0) is 4.79 Å². The highest BCUT2D eigenvalue weighted by Gasteiger charge is 2.29. The lowest BCUT2D eigenvalue weighted by molar-refractivity contribution is -0.134. The molecule has 1 aliphatic heterocycles. The van der Waals surface area contributed by atoms with Crippen molar-refractivity contribution in [2.45, 2.75) is 12.8 Å². The van der Waals surface area contributed by atoms with Crippen LogP contribution in [0, 0.1) is 5.92 Å². The minimum absolute atomic E-state index is 0.0629. The number of ketones is 1. The highest BCUT2D eigenvalue weighted by molar-refractivity contribution is 5.98. The summed E-state index contributed by atoms with van der Waals surface area (Å²) in [6, 6.07) is 16.5. The normalized spacial score (nSPS) is 16.8. The second-order valence-corrected chi connectivity index (χ2v) is 6.35. The van der Waals surface area contributed by atoms with Crippen molar-refractivity contribution in [1.29, 1.82) is 0 Å². The molecule has 0 radical (unpaired) electrons. The molecule has 2 aromatic carbocycles. The Morgan fingerprint density at radius 3 is 2.46 bits per heavy atom. The fraction of sp³-hybridized carbons (Fsp3) is 0.333. The lowest BCUT2D eigenvalue weighted by Gasteiger charge is -2.32. The van der Waals surface area contributed by atoms with Crippen molar-refractivity contribution < 1.29 is 19.1 Å². The summed E-state index contributed by atoms with van der Waals surface area (Å²) in [7, 11) is 1.56. The number of rotatable bonds is 6. The largest absolute Gasteiger partial charge is 0.493 e. The molecule has 0 spiro atoms. The number of piperidine rings is 1. The van der Waals surface area contributed by atoms with Gasteiger partial charge in [-0.05, 0) is 25.0 Å². The summed E-state index contributed by atoms with van der Waals surface area (Å²) in [6.07, 6.45) is 1.63. The quantitative estimate of drug-likeness (QED) is 0.749. The Hall–Kier alpha value is -2.82. The molecule has 1 unspecified atom stereocenters. The molecule has 5 nitrogen and oxygen atoms in total. The van der Waals surface area contributed by atoms with Crippen molar-refractivity contribution in [3.63, 3.8) is 0 Å². The van der Waals surface area contributed by atoms with E-state index in [-0.39, 0.29) is 24.2 Å². The van der Waals surface area contributed by atoms with Crippen LogP contribution in [0.2, 0.25) is 0 Å². The van der Waals surface area contributed by atoms with Crippen molar-refractivity contribution in [3.8, 4) is 11.5 Å². The minimum atomic E-state index is -0.152. The summed E-state index contributed by atoms with van der Waals surface area (Å²) < 4.78 is 10.8. The first-order valence-electron chi connectivity index (χ1n) is 8.82. The van der Waals surface area contributed by atoms with Crippen LogP contribution in [0.3, 0.4) is 0 Å². The number of ether oxygens (including phenoxy) is 2. The molecule has 1 amide bonds. The predicted octanol–water partition coefficient (Wildman–Crippen LogP) is 3.20. The van der Waals surface area contributed by atoms with E-state index in [1.807, 2.05) is 42.5 Å². The van der Waals surface area contributed by atoms with Gasteiger partial charge in [0.2, 0.25) is 0 Å². The van der Waals surface area contributed by atoms with Gasteiger partial charge in [0.25, 0.3) is 5.91 Å². The molecule has 2 aromatic rings. The van der Waals surface area contributed by atoms with Gasteiger partial charge in [0.05, 0.1) is 7.11 Å². The number of hydrogen-bond donors (Lipinski definition) is 0. The lowest BCUT2D eigenvalue weighted by atomic mass is 9.90. The zero-order chi connectivity index (χ0) is 18.4. The molecule has 3 rings (SSSR count). The number of likely N-dealkylation sites (tertiary alicyclic amines) is 1. The number of carbonyl (C=O) groups is 2. The summed E-state index contributed by atoms with van der Waals surface area (Å²) in [4.78, 5) is 26.9. The summed E-state index contributed by atoms with van der Waals surface area (Å²) in [5.41, 5.74) is 0.706. The highest BCUT2D eigenvalue weighted by Crippen LogP contribution is 2.26. The zero-order valence-electron chi connectivity index (χ0n) is 14.9. The van der Waals surface area contributed by atoms with Gasteiger partial charge in [-0.3, -0.25) is 9.59 Å². The molecule has 0 aliphatic carbocycles. The molecule has 26 heavy (non-hydrogen) atoms. The summed E-state index contributed by atoms with van der Waals surface area (Å²) >= 11 is 0. The third-order valence-electron chi connectivity index (χ3n) is 4.62. The Labute approximate surface area is 153 Å². The Balaban J connectivity index is 1.58. The van der Waals surface area contributed by atoms with Gasteiger partial charge < -0.3 is 14.4 Å². The molecule has 0 N–H and O–H groups in total. The van der Waals surface area contributed by atoms with Crippen molar-refractivity contribution in [2.75, 3.05) is 26.8 Å². The van der Waals surface area contributed by atoms with Crippen molar-refractivity contribution >= 4 is 11.7 Å².